The molecule has 12 heteroatoms. The van der Waals surface area contributed by atoms with Gasteiger partial charge < -0.3 is 39.4 Å². The summed E-state index contributed by atoms with van der Waals surface area (Å²) in [4.78, 5) is 48.3. The van der Waals surface area contributed by atoms with Crippen LogP contribution in [0, 0.1) is 0 Å². The third-order valence-corrected chi connectivity index (χ3v) is 5.74. The van der Waals surface area contributed by atoms with Crippen molar-refractivity contribution in [1.29, 1.82) is 0 Å². The lowest BCUT2D eigenvalue weighted by Crippen LogP contribution is -2.21. The molecule has 0 radical (unpaired) electrons. The summed E-state index contributed by atoms with van der Waals surface area (Å²) in [6.45, 7) is 5.27. The van der Waals surface area contributed by atoms with Gasteiger partial charge in [0, 0.05) is 13.8 Å². The fourth-order valence-corrected chi connectivity index (χ4v) is 4.10. The average Bonchev–Trinajstić information content (AvgIpc) is 2.87. The molecule has 0 bridgehead atoms. The third-order valence-electron chi connectivity index (χ3n) is 5.74. The Hall–Kier alpha value is -5.26. The highest BCUT2D eigenvalue weighted by atomic mass is 16.6. The number of benzene rings is 3. The highest BCUT2D eigenvalue weighted by molar-refractivity contribution is 5.96. The molecule has 0 aliphatic rings. The topological polar surface area (TPSA) is 186 Å². The predicted molar refractivity (Wildman–Crippen MR) is 147 cm³/mol. The normalized spacial score (nSPS) is 12.1. The Labute approximate surface area is 240 Å². The molecule has 2 atom stereocenters. The fraction of sp³-hybridized carbons (Fsp3) is 0.267. The zero-order chi connectivity index (χ0) is 31.1. The quantitative estimate of drug-likeness (QED) is 0.151. The first-order chi connectivity index (χ1) is 19.8. The van der Waals surface area contributed by atoms with Crippen LogP contribution in [0.15, 0.2) is 48.5 Å². The molecule has 222 valence electrons. The standard InChI is InChI=1S/C30H30O12/c1-15(39-17(3)31)13-23(35)41-29-25(19-5-9-21(33)10-6-19)28(38)30(42-24(36)14-16(2)40-18(4)32)26(27(29)37)20-7-11-22(34)12-8-20/h5-12,15-16,33-34,37-38H,13-14H2,1-4H3/t15-,16-/m1/s1. The van der Waals surface area contributed by atoms with Gasteiger partial charge in [-0.1, -0.05) is 24.3 Å². The SMILES string of the molecule is CC(=O)O[C@H](C)CC(=O)Oc1c(O)c(-c2ccc(O)cc2)c(OC(=O)C[C@@H](C)OC(C)=O)c(O)c1-c1ccc(O)cc1. The summed E-state index contributed by atoms with van der Waals surface area (Å²) in [6, 6.07) is 10.5. The molecule has 0 aliphatic heterocycles. The Morgan fingerprint density at radius 1 is 0.595 bits per heavy atom. The largest absolute Gasteiger partial charge is 0.508 e. The van der Waals surface area contributed by atoms with Crippen LogP contribution >= 0.6 is 0 Å². The van der Waals surface area contributed by atoms with Crippen LogP contribution in [0.25, 0.3) is 22.3 Å². The van der Waals surface area contributed by atoms with Crippen molar-refractivity contribution >= 4 is 23.9 Å². The van der Waals surface area contributed by atoms with Crippen LogP contribution < -0.4 is 9.47 Å². The van der Waals surface area contributed by atoms with E-state index in [-0.39, 0.29) is 33.8 Å². The second kappa shape index (κ2) is 13.4. The number of aromatic hydroxyl groups is 4. The smallest absolute Gasteiger partial charge is 0.315 e. The maximum Gasteiger partial charge on any atom is 0.315 e. The number of ether oxygens (including phenoxy) is 4. The van der Waals surface area contributed by atoms with E-state index in [2.05, 4.69) is 0 Å². The lowest BCUT2D eigenvalue weighted by atomic mass is 9.95. The molecule has 0 aliphatic carbocycles. The van der Waals surface area contributed by atoms with Crippen molar-refractivity contribution in [3.63, 3.8) is 0 Å². The summed E-state index contributed by atoms with van der Waals surface area (Å²) in [5, 5.41) is 42.6. The molecule has 0 heterocycles. The summed E-state index contributed by atoms with van der Waals surface area (Å²) >= 11 is 0. The molecule has 12 nitrogen and oxygen atoms in total. The minimum absolute atomic E-state index is 0.122. The zero-order valence-corrected chi connectivity index (χ0v) is 23.2. The number of hydrogen-bond acceptors (Lipinski definition) is 12. The van der Waals surface area contributed by atoms with Gasteiger partial charge in [-0.15, -0.1) is 0 Å². The first-order valence-electron chi connectivity index (χ1n) is 12.7. The third kappa shape index (κ3) is 7.90. The molecule has 0 amide bonds. The molecule has 0 unspecified atom stereocenters. The number of carbonyl (C=O) groups excluding carboxylic acids is 4. The molecule has 0 fully saturated rings. The van der Waals surface area contributed by atoms with Crippen LogP contribution in [-0.4, -0.2) is 56.5 Å². The summed E-state index contributed by atoms with van der Waals surface area (Å²) in [6.07, 6.45) is -2.57. The maximum absolute atomic E-state index is 12.9. The van der Waals surface area contributed by atoms with Crippen molar-refractivity contribution in [2.45, 2.75) is 52.7 Å². The molecular formula is C30H30O12. The Kier molecular flexibility index (Phi) is 9.98. The Morgan fingerprint density at radius 3 is 1.19 bits per heavy atom. The van der Waals surface area contributed by atoms with Crippen molar-refractivity contribution < 1.29 is 58.6 Å². The van der Waals surface area contributed by atoms with E-state index in [9.17, 15) is 39.6 Å². The van der Waals surface area contributed by atoms with Gasteiger partial charge in [0.25, 0.3) is 0 Å². The summed E-state index contributed by atoms with van der Waals surface area (Å²) in [7, 11) is 0. The number of hydrogen-bond donors (Lipinski definition) is 4. The molecule has 3 aromatic rings. The van der Waals surface area contributed by atoms with E-state index in [4.69, 9.17) is 18.9 Å². The van der Waals surface area contributed by atoms with Gasteiger partial charge in [0.2, 0.25) is 0 Å². The van der Waals surface area contributed by atoms with E-state index in [1.807, 2.05) is 0 Å². The van der Waals surface area contributed by atoms with Gasteiger partial charge in [0.15, 0.2) is 23.0 Å². The van der Waals surface area contributed by atoms with Crippen molar-refractivity contribution in [2.24, 2.45) is 0 Å². The molecule has 0 saturated carbocycles. The first-order valence-corrected chi connectivity index (χ1v) is 12.7. The van der Waals surface area contributed by atoms with Crippen LogP contribution in [0.3, 0.4) is 0 Å². The van der Waals surface area contributed by atoms with Crippen LogP contribution in [-0.2, 0) is 28.7 Å². The number of esters is 4. The first kappa shape index (κ1) is 31.3. The molecule has 3 aromatic carbocycles. The van der Waals surface area contributed by atoms with Gasteiger partial charge in [0.05, 0.1) is 24.0 Å². The minimum atomic E-state index is -0.935. The number of phenols is 4. The van der Waals surface area contributed by atoms with E-state index >= 15 is 0 Å². The number of rotatable bonds is 10. The van der Waals surface area contributed by atoms with E-state index < -0.39 is 71.9 Å². The van der Waals surface area contributed by atoms with Gasteiger partial charge in [-0.05, 0) is 49.2 Å². The van der Waals surface area contributed by atoms with Gasteiger partial charge in [-0.25, -0.2) is 0 Å². The van der Waals surface area contributed by atoms with Gasteiger partial charge in [-0.2, -0.15) is 0 Å². The van der Waals surface area contributed by atoms with Crippen LogP contribution in [0.4, 0.5) is 0 Å². The molecule has 0 aromatic heterocycles. The molecule has 4 N–H and O–H groups in total. The summed E-state index contributed by atoms with van der Waals surface area (Å²) < 4.78 is 20.9. The molecule has 3 rings (SSSR count). The Bertz CT molecular complexity index is 1360. The Morgan fingerprint density at radius 2 is 0.905 bits per heavy atom. The maximum atomic E-state index is 12.9. The van der Waals surface area contributed by atoms with Gasteiger partial charge >= 0.3 is 23.9 Å². The molecular weight excluding hydrogens is 552 g/mol. The van der Waals surface area contributed by atoms with Crippen LogP contribution in [0.1, 0.15) is 40.5 Å². The predicted octanol–water partition coefficient (Wildman–Crippen LogP) is 4.34. The monoisotopic (exact) mass is 582 g/mol. The van der Waals surface area contributed by atoms with Crippen molar-refractivity contribution in [3.8, 4) is 56.8 Å². The van der Waals surface area contributed by atoms with Crippen molar-refractivity contribution in [2.75, 3.05) is 0 Å². The number of phenolic OH excluding ortho intramolecular Hbond substituents is 4. The average molecular weight is 583 g/mol. The fourth-order valence-electron chi connectivity index (χ4n) is 4.10. The van der Waals surface area contributed by atoms with E-state index in [0.29, 0.717) is 0 Å². The minimum Gasteiger partial charge on any atom is -0.508 e. The number of carbonyl (C=O) groups is 4. The van der Waals surface area contributed by atoms with Crippen molar-refractivity contribution in [3.05, 3.63) is 48.5 Å². The molecule has 42 heavy (non-hydrogen) atoms. The van der Waals surface area contributed by atoms with Crippen molar-refractivity contribution in [1.82, 2.24) is 0 Å². The highest BCUT2D eigenvalue weighted by Crippen LogP contribution is 2.56. The lowest BCUT2D eigenvalue weighted by molar-refractivity contribution is -0.150. The van der Waals surface area contributed by atoms with Gasteiger partial charge in [0.1, 0.15) is 23.7 Å². The lowest BCUT2D eigenvalue weighted by Gasteiger charge is -2.22. The zero-order valence-electron chi connectivity index (χ0n) is 23.2. The second-order valence-electron chi connectivity index (χ2n) is 9.40. The van der Waals surface area contributed by atoms with E-state index in [0.717, 1.165) is 0 Å². The molecule has 0 spiro atoms. The molecule has 0 saturated heterocycles. The van der Waals surface area contributed by atoms with Gasteiger partial charge in [-0.3, -0.25) is 19.2 Å². The second-order valence-corrected chi connectivity index (χ2v) is 9.40. The van der Waals surface area contributed by atoms with Crippen LogP contribution in [0.2, 0.25) is 0 Å². The highest BCUT2D eigenvalue weighted by Gasteiger charge is 2.31. The van der Waals surface area contributed by atoms with E-state index in [1.165, 1.54) is 76.2 Å². The van der Waals surface area contributed by atoms with Crippen LogP contribution in [0.5, 0.6) is 34.5 Å². The summed E-state index contributed by atoms with van der Waals surface area (Å²) in [5.74, 6) is -5.83. The van der Waals surface area contributed by atoms with E-state index in [1.54, 1.807) is 0 Å². The summed E-state index contributed by atoms with van der Waals surface area (Å²) in [5.41, 5.74) is -0.225. The Balaban J connectivity index is 2.23.